The van der Waals surface area contributed by atoms with Crippen LogP contribution in [0.5, 0.6) is 11.6 Å². The molecule has 3 nitrogen and oxygen atoms in total. The Morgan fingerprint density at radius 2 is 1.86 bits per heavy atom. The zero-order valence-electron chi connectivity index (χ0n) is 11.6. The summed E-state index contributed by atoms with van der Waals surface area (Å²) >= 11 is 2.27. The van der Waals surface area contributed by atoms with Gasteiger partial charge in [0.1, 0.15) is 5.75 Å². The standard InChI is InChI=1S/C17H15IN2O/c1-19-11-13-10-12-6-2-4-8-15(12)20-17(13)21-16-9-5-3-7-14(16)18/h2-10,19H,11H2,1H3. The van der Waals surface area contributed by atoms with Crippen LogP contribution in [0.4, 0.5) is 0 Å². The molecule has 0 radical (unpaired) electrons. The molecule has 21 heavy (non-hydrogen) atoms. The minimum atomic E-state index is 0.659. The van der Waals surface area contributed by atoms with Crippen molar-refractivity contribution in [1.29, 1.82) is 0 Å². The number of benzene rings is 2. The lowest BCUT2D eigenvalue weighted by molar-refractivity contribution is 0.453. The van der Waals surface area contributed by atoms with Gasteiger partial charge in [0.2, 0.25) is 5.88 Å². The van der Waals surface area contributed by atoms with Gasteiger partial charge in [-0.25, -0.2) is 4.98 Å². The van der Waals surface area contributed by atoms with Crippen LogP contribution < -0.4 is 10.1 Å². The minimum absolute atomic E-state index is 0.659. The van der Waals surface area contributed by atoms with Gasteiger partial charge in [-0.2, -0.15) is 0 Å². The molecule has 0 spiro atoms. The molecule has 0 saturated heterocycles. The van der Waals surface area contributed by atoms with Crippen LogP contribution in [0.2, 0.25) is 0 Å². The quantitative estimate of drug-likeness (QED) is 0.673. The molecule has 1 heterocycles. The molecule has 0 amide bonds. The number of halogens is 1. The van der Waals surface area contributed by atoms with Crippen molar-refractivity contribution in [2.24, 2.45) is 0 Å². The predicted octanol–water partition coefficient (Wildman–Crippen LogP) is 4.35. The molecular weight excluding hydrogens is 375 g/mol. The first-order chi connectivity index (χ1) is 10.3. The maximum atomic E-state index is 6.04. The Kier molecular flexibility index (Phi) is 4.36. The summed E-state index contributed by atoms with van der Waals surface area (Å²) in [5.74, 6) is 1.49. The predicted molar refractivity (Wildman–Crippen MR) is 93.7 cm³/mol. The molecule has 0 aliphatic rings. The van der Waals surface area contributed by atoms with Gasteiger partial charge >= 0.3 is 0 Å². The molecule has 2 aromatic carbocycles. The van der Waals surface area contributed by atoms with E-state index in [9.17, 15) is 0 Å². The summed E-state index contributed by atoms with van der Waals surface area (Å²) in [6.45, 7) is 0.719. The van der Waals surface area contributed by atoms with Gasteiger partial charge in [-0.3, -0.25) is 0 Å². The largest absolute Gasteiger partial charge is 0.438 e. The van der Waals surface area contributed by atoms with E-state index in [2.05, 4.69) is 45.0 Å². The highest BCUT2D eigenvalue weighted by atomic mass is 127. The molecule has 3 rings (SSSR count). The van der Waals surface area contributed by atoms with Gasteiger partial charge in [-0.05, 0) is 53.9 Å². The van der Waals surface area contributed by atoms with Gasteiger partial charge in [-0.1, -0.05) is 30.3 Å². The second-order valence-corrected chi connectivity index (χ2v) is 5.87. The molecule has 1 aromatic heterocycles. The number of hydrogen-bond donors (Lipinski definition) is 1. The lowest BCUT2D eigenvalue weighted by Crippen LogP contribution is -2.07. The Labute approximate surface area is 137 Å². The van der Waals surface area contributed by atoms with E-state index in [0.29, 0.717) is 5.88 Å². The van der Waals surface area contributed by atoms with Crippen LogP contribution in [0.3, 0.4) is 0 Å². The zero-order chi connectivity index (χ0) is 14.7. The Balaban J connectivity index is 2.07. The number of hydrogen-bond acceptors (Lipinski definition) is 3. The highest BCUT2D eigenvalue weighted by Gasteiger charge is 2.10. The van der Waals surface area contributed by atoms with Gasteiger partial charge < -0.3 is 10.1 Å². The van der Waals surface area contributed by atoms with E-state index >= 15 is 0 Å². The fraction of sp³-hybridized carbons (Fsp3) is 0.118. The van der Waals surface area contributed by atoms with E-state index in [1.54, 1.807) is 0 Å². The summed E-state index contributed by atoms with van der Waals surface area (Å²) in [6, 6.07) is 18.2. The van der Waals surface area contributed by atoms with Crippen LogP contribution in [0.15, 0.2) is 54.6 Å². The summed E-state index contributed by atoms with van der Waals surface area (Å²) in [5, 5.41) is 4.29. The van der Waals surface area contributed by atoms with Crippen molar-refractivity contribution in [3.8, 4) is 11.6 Å². The molecule has 106 valence electrons. The molecule has 0 aliphatic carbocycles. The van der Waals surface area contributed by atoms with E-state index in [-0.39, 0.29) is 0 Å². The first kappa shape index (κ1) is 14.3. The van der Waals surface area contributed by atoms with Crippen molar-refractivity contribution in [3.05, 3.63) is 63.7 Å². The molecule has 0 bridgehead atoms. The number of aromatic nitrogens is 1. The molecule has 0 saturated carbocycles. The van der Waals surface area contributed by atoms with E-state index in [0.717, 1.165) is 32.3 Å². The molecule has 0 unspecified atom stereocenters. The lowest BCUT2D eigenvalue weighted by Gasteiger charge is -2.12. The number of nitrogens with zero attached hydrogens (tertiary/aromatic N) is 1. The van der Waals surface area contributed by atoms with Gasteiger partial charge in [0, 0.05) is 17.5 Å². The highest BCUT2D eigenvalue weighted by molar-refractivity contribution is 14.1. The number of ether oxygens (including phenoxy) is 1. The average molecular weight is 390 g/mol. The second kappa shape index (κ2) is 6.41. The fourth-order valence-corrected chi connectivity index (χ4v) is 2.68. The van der Waals surface area contributed by atoms with E-state index in [4.69, 9.17) is 4.74 Å². The molecule has 1 N–H and O–H groups in total. The van der Waals surface area contributed by atoms with Gasteiger partial charge in [-0.15, -0.1) is 0 Å². The van der Waals surface area contributed by atoms with E-state index < -0.39 is 0 Å². The van der Waals surface area contributed by atoms with Crippen molar-refractivity contribution in [2.75, 3.05) is 7.05 Å². The Hall–Kier alpha value is -1.66. The molecule has 0 atom stereocenters. The first-order valence-corrected chi connectivity index (χ1v) is 7.81. The maximum Gasteiger partial charge on any atom is 0.224 e. The molecule has 3 aromatic rings. The van der Waals surface area contributed by atoms with Crippen molar-refractivity contribution in [1.82, 2.24) is 10.3 Å². The monoisotopic (exact) mass is 390 g/mol. The van der Waals surface area contributed by atoms with E-state index in [1.807, 2.05) is 49.5 Å². The lowest BCUT2D eigenvalue weighted by atomic mass is 10.1. The van der Waals surface area contributed by atoms with Gasteiger partial charge in [0.05, 0.1) is 9.09 Å². The fourth-order valence-electron chi connectivity index (χ4n) is 2.18. The third-order valence-corrected chi connectivity index (χ3v) is 4.06. The van der Waals surface area contributed by atoms with Crippen LogP contribution in [0.25, 0.3) is 10.9 Å². The van der Waals surface area contributed by atoms with Crippen molar-refractivity contribution >= 4 is 33.5 Å². The second-order valence-electron chi connectivity index (χ2n) is 4.71. The number of rotatable bonds is 4. The van der Waals surface area contributed by atoms with Crippen LogP contribution in [0, 0.1) is 3.57 Å². The van der Waals surface area contributed by atoms with Crippen molar-refractivity contribution in [3.63, 3.8) is 0 Å². The third kappa shape index (κ3) is 3.16. The highest BCUT2D eigenvalue weighted by Crippen LogP contribution is 2.29. The van der Waals surface area contributed by atoms with Crippen LogP contribution >= 0.6 is 22.6 Å². The molecule has 0 aliphatic heterocycles. The Bertz CT molecular complexity index is 774. The maximum absolute atomic E-state index is 6.04. The molecular formula is C17H15IN2O. The molecule has 4 heteroatoms. The normalized spacial score (nSPS) is 10.8. The molecule has 0 fully saturated rings. The van der Waals surface area contributed by atoms with Crippen molar-refractivity contribution < 1.29 is 4.74 Å². The topological polar surface area (TPSA) is 34.2 Å². The number of pyridine rings is 1. The summed E-state index contributed by atoms with van der Waals surface area (Å²) in [5.41, 5.74) is 1.99. The van der Waals surface area contributed by atoms with Crippen LogP contribution in [-0.2, 0) is 6.54 Å². The van der Waals surface area contributed by atoms with Gasteiger partial charge in [0.25, 0.3) is 0 Å². The Morgan fingerprint density at radius 1 is 1.10 bits per heavy atom. The number of nitrogens with one attached hydrogen (secondary N) is 1. The summed E-state index contributed by atoms with van der Waals surface area (Å²) in [6.07, 6.45) is 0. The van der Waals surface area contributed by atoms with E-state index in [1.165, 1.54) is 0 Å². The average Bonchev–Trinajstić information content (AvgIpc) is 2.50. The number of fused-ring (bicyclic) bond motifs is 1. The minimum Gasteiger partial charge on any atom is -0.438 e. The summed E-state index contributed by atoms with van der Waals surface area (Å²) < 4.78 is 7.11. The van der Waals surface area contributed by atoms with Crippen LogP contribution in [-0.4, -0.2) is 12.0 Å². The third-order valence-electron chi connectivity index (χ3n) is 3.17. The number of para-hydroxylation sites is 2. The summed E-state index contributed by atoms with van der Waals surface area (Å²) in [7, 11) is 1.92. The smallest absolute Gasteiger partial charge is 0.224 e. The van der Waals surface area contributed by atoms with Gasteiger partial charge in [0.15, 0.2) is 0 Å². The van der Waals surface area contributed by atoms with Crippen molar-refractivity contribution in [2.45, 2.75) is 6.54 Å². The SMILES string of the molecule is CNCc1cc2ccccc2nc1Oc1ccccc1I. The first-order valence-electron chi connectivity index (χ1n) is 6.73. The Morgan fingerprint density at radius 3 is 2.67 bits per heavy atom. The van der Waals surface area contributed by atoms with Crippen LogP contribution in [0.1, 0.15) is 5.56 Å². The zero-order valence-corrected chi connectivity index (χ0v) is 13.8. The summed E-state index contributed by atoms with van der Waals surface area (Å²) in [4.78, 5) is 4.66.